The first kappa shape index (κ1) is 17.5. The summed E-state index contributed by atoms with van der Waals surface area (Å²) in [6.45, 7) is 2.23. The number of ketones is 1. The third-order valence-corrected chi connectivity index (χ3v) is 5.06. The Labute approximate surface area is 156 Å². The van der Waals surface area contributed by atoms with Crippen LogP contribution in [0.3, 0.4) is 0 Å². The minimum atomic E-state index is -0.702. The van der Waals surface area contributed by atoms with E-state index in [0.29, 0.717) is 11.5 Å². The SMILES string of the molecule is Cc1cc(CN2C[C@H](C(=O)C(=O)NC3CC3)[C@@H](c3ccccc3)C2=O)no1. The molecule has 0 spiro atoms. The maximum atomic E-state index is 13.1. The van der Waals surface area contributed by atoms with Crippen LogP contribution in [0.15, 0.2) is 40.9 Å². The van der Waals surface area contributed by atoms with Crippen molar-refractivity contribution in [3.63, 3.8) is 0 Å². The first-order chi connectivity index (χ1) is 13.0. The maximum absolute atomic E-state index is 13.1. The second-order valence-corrected chi connectivity index (χ2v) is 7.25. The van der Waals surface area contributed by atoms with Gasteiger partial charge in [-0.25, -0.2) is 0 Å². The molecule has 1 aliphatic heterocycles. The summed E-state index contributed by atoms with van der Waals surface area (Å²) >= 11 is 0. The highest BCUT2D eigenvalue weighted by Gasteiger charge is 2.47. The van der Waals surface area contributed by atoms with E-state index in [-0.39, 0.29) is 25.0 Å². The van der Waals surface area contributed by atoms with E-state index < -0.39 is 23.5 Å². The summed E-state index contributed by atoms with van der Waals surface area (Å²) < 4.78 is 5.07. The summed E-state index contributed by atoms with van der Waals surface area (Å²) in [5.74, 6) is -1.98. The smallest absolute Gasteiger partial charge is 0.287 e. The predicted octanol–water partition coefficient (Wildman–Crippen LogP) is 1.57. The van der Waals surface area contributed by atoms with Gasteiger partial charge in [-0.1, -0.05) is 35.5 Å². The zero-order valence-electron chi connectivity index (χ0n) is 15.1. The minimum Gasteiger partial charge on any atom is -0.361 e. The van der Waals surface area contributed by atoms with Crippen LogP contribution in [-0.4, -0.2) is 40.2 Å². The Hall–Kier alpha value is -2.96. The quantitative estimate of drug-likeness (QED) is 0.783. The average Bonchev–Trinajstić information content (AvgIpc) is 3.30. The first-order valence-corrected chi connectivity index (χ1v) is 9.13. The van der Waals surface area contributed by atoms with Crippen LogP contribution in [0, 0.1) is 12.8 Å². The minimum absolute atomic E-state index is 0.0999. The third kappa shape index (κ3) is 3.63. The highest BCUT2D eigenvalue weighted by Crippen LogP contribution is 2.35. The van der Waals surface area contributed by atoms with Gasteiger partial charge in [0.1, 0.15) is 11.5 Å². The van der Waals surface area contributed by atoms with Crippen molar-refractivity contribution in [2.24, 2.45) is 5.92 Å². The van der Waals surface area contributed by atoms with E-state index in [1.807, 2.05) is 30.3 Å². The van der Waals surface area contributed by atoms with E-state index >= 15 is 0 Å². The molecular formula is C20H21N3O4. The molecule has 7 heteroatoms. The molecule has 7 nitrogen and oxygen atoms in total. The van der Waals surface area contributed by atoms with Crippen LogP contribution in [0.5, 0.6) is 0 Å². The zero-order valence-corrected chi connectivity index (χ0v) is 15.1. The molecule has 2 aromatic rings. The number of Topliss-reactive ketones (excluding diaryl/α,β-unsaturated/α-hetero) is 1. The molecule has 1 aliphatic carbocycles. The van der Waals surface area contributed by atoms with Crippen LogP contribution in [0.25, 0.3) is 0 Å². The summed E-state index contributed by atoms with van der Waals surface area (Å²) in [6, 6.07) is 11.0. The first-order valence-electron chi connectivity index (χ1n) is 9.13. The van der Waals surface area contributed by atoms with Gasteiger partial charge in [0.05, 0.1) is 18.4 Å². The van der Waals surface area contributed by atoms with Gasteiger partial charge in [-0.05, 0) is 25.3 Å². The molecule has 0 unspecified atom stereocenters. The highest BCUT2D eigenvalue weighted by molar-refractivity contribution is 6.38. The van der Waals surface area contributed by atoms with E-state index in [1.54, 1.807) is 17.9 Å². The topological polar surface area (TPSA) is 92.5 Å². The molecule has 2 fully saturated rings. The molecular weight excluding hydrogens is 346 g/mol. The van der Waals surface area contributed by atoms with Gasteiger partial charge in [0, 0.05) is 18.7 Å². The van der Waals surface area contributed by atoms with Crippen molar-refractivity contribution in [2.75, 3.05) is 6.54 Å². The largest absolute Gasteiger partial charge is 0.361 e. The Kier molecular flexibility index (Phi) is 4.51. The van der Waals surface area contributed by atoms with Gasteiger partial charge < -0.3 is 14.7 Å². The van der Waals surface area contributed by atoms with E-state index in [2.05, 4.69) is 10.5 Å². The lowest BCUT2D eigenvalue weighted by Crippen LogP contribution is -2.39. The Balaban J connectivity index is 1.59. The third-order valence-electron chi connectivity index (χ3n) is 5.06. The van der Waals surface area contributed by atoms with Crippen LogP contribution in [0.4, 0.5) is 0 Å². The standard InChI is InChI=1S/C20H21N3O4/c1-12-9-15(22-27-12)10-23-11-16(18(24)19(25)21-14-7-8-14)17(20(23)26)13-5-3-2-4-6-13/h2-6,9,14,16-17H,7-8,10-11H2,1H3,(H,21,25)/t16-,17+/m0/s1. The number of amides is 2. The molecule has 0 bridgehead atoms. The van der Waals surface area contributed by atoms with Gasteiger partial charge >= 0.3 is 0 Å². The molecule has 2 heterocycles. The number of rotatable bonds is 6. The fraction of sp³-hybridized carbons (Fsp3) is 0.400. The van der Waals surface area contributed by atoms with Crippen LogP contribution in [-0.2, 0) is 20.9 Å². The van der Waals surface area contributed by atoms with Gasteiger partial charge in [0.25, 0.3) is 5.91 Å². The maximum Gasteiger partial charge on any atom is 0.287 e. The Morgan fingerprint density at radius 3 is 2.63 bits per heavy atom. The number of hydrogen-bond acceptors (Lipinski definition) is 5. The predicted molar refractivity (Wildman–Crippen MR) is 95.5 cm³/mol. The Bertz CT molecular complexity index is 872. The van der Waals surface area contributed by atoms with Crippen LogP contribution >= 0.6 is 0 Å². The lowest BCUT2D eigenvalue weighted by molar-refractivity contribution is -0.140. The molecule has 1 saturated heterocycles. The number of aromatic nitrogens is 1. The van der Waals surface area contributed by atoms with Crippen molar-refractivity contribution in [1.29, 1.82) is 0 Å². The summed E-state index contributed by atoms with van der Waals surface area (Å²) in [7, 11) is 0. The van der Waals surface area contributed by atoms with Crippen molar-refractivity contribution in [1.82, 2.24) is 15.4 Å². The molecule has 4 rings (SSSR count). The second kappa shape index (κ2) is 6.98. The second-order valence-electron chi connectivity index (χ2n) is 7.25. The van der Waals surface area contributed by atoms with E-state index in [0.717, 1.165) is 18.4 Å². The molecule has 27 heavy (non-hydrogen) atoms. The number of likely N-dealkylation sites (tertiary alicyclic amines) is 1. The number of aryl methyl sites for hydroxylation is 1. The summed E-state index contributed by atoms with van der Waals surface area (Å²) in [5.41, 5.74) is 1.38. The average molecular weight is 367 g/mol. The van der Waals surface area contributed by atoms with E-state index in [4.69, 9.17) is 4.52 Å². The monoisotopic (exact) mass is 367 g/mol. The molecule has 2 aliphatic rings. The summed E-state index contributed by atoms with van der Waals surface area (Å²) in [4.78, 5) is 39.8. The van der Waals surface area contributed by atoms with E-state index in [1.165, 1.54) is 0 Å². The zero-order chi connectivity index (χ0) is 19.0. The molecule has 140 valence electrons. The van der Waals surface area contributed by atoms with Crippen molar-refractivity contribution in [2.45, 2.75) is 38.3 Å². The molecule has 1 aromatic carbocycles. The number of benzene rings is 1. The fourth-order valence-corrected chi connectivity index (χ4v) is 3.55. The van der Waals surface area contributed by atoms with Crippen LogP contribution in [0.1, 0.15) is 35.8 Å². The summed E-state index contributed by atoms with van der Waals surface area (Å²) in [6.07, 6.45) is 1.81. The molecule has 1 N–H and O–H groups in total. The van der Waals surface area contributed by atoms with Crippen molar-refractivity contribution in [3.05, 3.63) is 53.4 Å². The van der Waals surface area contributed by atoms with Gasteiger partial charge in [-0.2, -0.15) is 0 Å². The Morgan fingerprint density at radius 2 is 2.00 bits per heavy atom. The summed E-state index contributed by atoms with van der Waals surface area (Å²) in [5, 5.41) is 6.67. The number of carbonyl (C=O) groups excluding carboxylic acids is 3. The van der Waals surface area contributed by atoms with Gasteiger partial charge in [-0.3, -0.25) is 14.4 Å². The molecule has 2 atom stereocenters. The molecule has 2 amide bonds. The number of nitrogens with zero attached hydrogens (tertiary/aromatic N) is 2. The Morgan fingerprint density at radius 1 is 1.26 bits per heavy atom. The lowest BCUT2D eigenvalue weighted by atomic mass is 9.85. The van der Waals surface area contributed by atoms with Gasteiger partial charge in [-0.15, -0.1) is 0 Å². The normalized spacial score (nSPS) is 22.1. The van der Waals surface area contributed by atoms with Crippen molar-refractivity contribution >= 4 is 17.6 Å². The van der Waals surface area contributed by atoms with Gasteiger partial charge in [0.15, 0.2) is 0 Å². The highest BCUT2D eigenvalue weighted by atomic mass is 16.5. The number of hydrogen-bond donors (Lipinski definition) is 1. The van der Waals surface area contributed by atoms with Crippen molar-refractivity contribution in [3.8, 4) is 0 Å². The molecule has 1 aromatic heterocycles. The van der Waals surface area contributed by atoms with Crippen LogP contribution in [0.2, 0.25) is 0 Å². The van der Waals surface area contributed by atoms with Crippen LogP contribution < -0.4 is 5.32 Å². The van der Waals surface area contributed by atoms with Crippen molar-refractivity contribution < 1.29 is 18.9 Å². The fourth-order valence-electron chi connectivity index (χ4n) is 3.55. The molecule has 1 saturated carbocycles. The van der Waals surface area contributed by atoms with Gasteiger partial charge in [0.2, 0.25) is 11.7 Å². The lowest BCUT2D eigenvalue weighted by Gasteiger charge is -2.15. The van der Waals surface area contributed by atoms with E-state index in [9.17, 15) is 14.4 Å². The number of carbonyl (C=O) groups is 3. The number of nitrogens with one attached hydrogen (secondary N) is 1. The molecule has 0 radical (unpaired) electrons.